The summed E-state index contributed by atoms with van der Waals surface area (Å²) in [5.41, 5.74) is 0.943. The number of hydrogen-bond donors (Lipinski definition) is 2. The van der Waals surface area contributed by atoms with E-state index in [1.807, 2.05) is 6.92 Å². The molecule has 1 aliphatic heterocycles. The lowest BCUT2D eigenvalue weighted by Gasteiger charge is -2.30. The summed E-state index contributed by atoms with van der Waals surface area (Å²) < 4.78 is 32.4. The maximum absolute atomic E-state index is 12.5. The molecule has 23 heavy (non-hydrogen) atoms. The number of halogens is 1. The first-order valence-corrected chi connectivity index (χ1v) is 8.75. The monoisotopic (exact) mass is 362 g/mol. The number of esters is 1. The minimum absolute atomic E-state index is 0. The number of benzene rings is 1. The van der Waals surface area contributed by atoms with Crippen molar-refractivity contribution in [2.75, 3.05) is 20.2 Å². The van der Waals surface area contributed by atoms with Gasteiger partial charge in [0, 0.05) is 12.6 Å². The molecule has 0 aromatic heterocycles. The zero-order valence-electron chi connectivity index (χ0n) is 13.5. The molecule has 1 aliphatic rings. The number of ether oxygens (including phenoxy) is 1. The van der Waals surface area contributed by atoms with Gasteiger partial charge >= 0.3 is 5.97 Å². The van der Waals surface area contributed by atoms with Crippen LogP contribution in [0, 0.1) is 12.8 Å². The summed E-state index contributed by atoms with van der Waals surface area (Å²) in [6, 6.07) is 4.29. The van der Waals surface area contributed by atoms with Crippen LogP contribution in [0.15, 0.2) is 23.1 Å². The maximum atomic E-state index is 12.5. The molecule has 1 fully saturated rings. The summed E-state index contributed by atoms with van der Waals surface area (Å²) in [4.78, 5) is 11.7. The Bertz CT molecular complexity index is 663. The molecule has 6 nitrogen and oxygen atoms in total. The largest absolute Gasteiger partial charge is 0.465 e. The van der Waals surface area contributed by atoms with Crippen molar-refractivity contribution < 1.29 is 17.9 Å². The first-order valence-electron chi connectivity index (χ1n) is 7.27. The standard InChI is InChI=1S/C15H22N2O4S.ClH/c1-10-6-7-16-9-14(10)17-22(19,20)12-4-5-13(11(2)8-12)15(18)21-3;/h4-5,8,10,14,16-17H,6-7,9H2,1-3H3;1H. The third-order valence-corrected chi connectivity index (χ3v) is 5.54. The van der Waals surface area contributed by atoms with Crippen LogP contribution in [0.4, 0.5) is 0 Å². The summed E-state index contributed by atoms with van der Waals surface area (Å²) in [5.74, 6) is -0.189. The van der Waals surface area contributed by atoms with E-state index in [1.165, 1.54) is 25.3 Å². The van der Waals surface area contributed by atoms with Gasteiger partial charge in [0.05, 0.1) is 17.6 Å². The highest BCUT2D eigenvalue weighted by atomic mass is 35.5. The van der Waals surface area contributed by atoms with E-state index in [2.05, 4.69) is 14.8 Å². The zero-order chi connectivity index (χ0) is 16.3. The summed E-state index contributed by atoms with van der Waals surface area (Å²) in [6.45, 7) is 5.27. The Morgan fingerprint density at radius 2 is 2.09 bits per heavy atom. The van der Waals surface area contributed by atoms with Crippen LogP contribution in [0.1, 0.15) is 29.3 Å². The molecule has 1 aromatic rings. The molecule has 2 rings (SSSR count). The van der Waals surface area contributed by atoms with Crippen molar-refractivity contribution in [2.45, 2.75) is 31.2 Å². The molecule has 0 radical (unpaired) electrons. The van der Waals surface area contributed by atoms with Crippen LogP contribution >= 0.6 is 12.4 Å². The molecule has 1 aromatic carbocycles. The number of methoxy groups -OCH3 is 1. The van der Waals surface area contributed by atoms with Crippen molar-refractivity contribution in [1.29, 1.82) is 0 Å². The Balaban J connectivity index is 0.00000264. The minimum Gasteiger partial charge on any atom is -0.465 e. The molecule has 2 atom stereocenters. The molecule has 130 valence electrons. The van der Waals surface area contributed by atoms with Crippen molar-refractivity contribution in [3.63, 3.8) is 0 Å². The number of carbonyl (C=O) groups is 1. The van der Waals surface area contributed by atoms with E-state index in [9.17, 15) is 13.2 Å². The fourth-order valence-corrected chi connectivity index (χ4v) is 3.99. The van der Waals surface area contributed by atoms with Crippen LogP contribution < -0.4 is 10.0 Å². The highest BCUT2D eigenvalue weighted by Gasteiger charge is 2.27. The predicted molar refractivity (Wildman–Crippen MR) is 90.5 cm³/mol. The lowest BCUT2D eigenvalue weighted by molar-refractivity contribution is 0.0600. The SMILES string of the molecule is COC(=O)c1ccc(S(=O)(=O)NC2CNCCC2C)cc1C.Cl. The Kier molecular flexibility index (Phi) is 7.01. The molecule has 0 aliphatic carbocycles. The molecular weight excluding hydrogens is 340 g/mol. The number of nitrogens with one attached hydrogen (secondary N) is 2. The average molecular weight is 363 g/mol. The van der Waals surface area contributed by atoms with Gasteiger partial charge in [-0.05, 0) is 49.6 Å². The first-order chi connectivity index (χ1) is 10.3. The highest BCUT2D eigenvalue weighted by molar-refractivity contribution is 7.89. The molecule has 1 heterocycles. The second kappa shape index (κ2) is 8.10. The van der Waals surface area contributed by atoms with Gasteiger partial charge in [-0.15, -0.1) is 12.4 Å². The number of hydrogen-bond acceptors (Lipinski definition) is 5. The van der Waals surface area contributed by atoms with Crippen molar-refractivity contribution in [1.82, 2.24) is 10.0 Å². The van der Waals surface area contributed by atoms with Crippen LogP contribution in [0.5, 0.6) is 0 Å². The number of rotatable bonds is 4. The number of aryl methyl sites for hydroxylation is 1. The van der Waals surface area contributed by atoms with Crippen molar-refractivity contribution in [2.24, 2.45) is 5.92 Å². The molecular formula is C15H23ClN2O4S. The highest BCUT2D eigenvalue weighted by Crippen LogP contribution is 2.19. The third kappa shape index (κ3) is 4.67. The number of piperidine rings is 1. The van der Waals surface area contributed by atoms with E-state index in [0.29, 0.717) is 17.7 Å². The van der Waals surface area contributed by atoms with Crippen LogP contribution in [-0.2, 0) is 14.8 Å². The fraction of sp³-hybridized carbons (Fsp3) is 0.533. The molecule has 0 amide bonds. The van der Waals surface area contributed by atoms with Gasteiger partial charge in [-0.3, -0.25) is 0 Å². The first kappa shape index (κ1) is 19.9. The third-order valence-electron chi connectivity index (χ3n) is 4.05. The molecule has 0 bridgehead atoms. The molecule has 0 saturated carbocycles. The summed E-state index contributed by atoms with van der Waals surface area (Å²) >= 11 is 0. The Morgan fingerprint density at radius 3 is 2.65 bits per heavy atom. The van der Waals surface area contributed by atoms with E-state index >= 15 is 0 Å². The molecule has 1 saturated heterocycles. The fourth-order valence-electron chi connectivity index (χ4n) is 2.56. The van der Waals surface area contributed by atoms with E-state index < -0.39 is 16.0 Å². The van der Waals surface area contributed by atoms with Crippen molar-refractivity contribution in [3.8, 4) is 0 Å². The van der Waals surface area contributed by atoms with Gasteiger partial charge in [-0.1, -0.05) is 6.92 Å². The van der Waals surface area contributed by atoms with Gasteiger partial charge < -0.3 is 10.1 Å². The van der Waals surface area contributed by atoms with Crippen LogP contribution in [-0.4, -0.2) is 40.6 Å². The van der Waals surface area contributed by atoms with E-state index in [-0.39, 0.29) is 29.3 Å². The normalized spacial score (nSPS) is 21.3. The van der Waals surface area contributed by atoms with Gasteiger partial charge in [0.2, 0.25) is 10.0 Å². The zero-order valence-corrected chi connectivity index (χ0v) is 15.1. The van der Waals surface area contributed by atoms with E-state index in [1.54, 1.807) is 6.92 Å². The number of carbonyl (C=O) groups excluding carboxylic acids is 1. The minimum atomic E-state index is -3.61. The summed E-state index contributed by atoms with van der Waals surface area (Å²) in [6.07, 6.45) is 0.938. The van der Waals surface area contributed by atoms with E-state index in [4.69, 9.17) is 0 Å². The van der Waals surface area contributed by atoms with Gasteiger partial charge in [-0.2, -0.15) is 0 Å². The maximum Gasteiger partial charge on any atom is 0.338 e. The average Bonchev–Trinajstić information content (AvgIpc) is 2.48. The van der Waals surface area contributed by atoms with E-state index in [0.717, 1.165) is 13.0 Å². The lowest BCUT2D eigenvalue weighted by atomic mass is 9.96. The second-order valence-electron chi connectivity index (χ2n) is 5.67. The molecule has 0 spiro atoms. The van der Waals surface area contributed by atoms with Crippen LogP contribution in [0.2, 0.25) is 0 Å². The predicted octanol–water partition coefficient (Wildman–Crippen LogP) is 1.48. The van der Waals surface area contributed by atoms with Crippen LogP contribution in [0.3, 0.4) is 0 Å². The number of sulfonamides is 1. The van der Waals surface area contributed by atoms with Crippen molar-refractivity contribution in [3.05, 3.63) is 29.3 Å². The van der Waals surface area contributed by atoms with Gasteiger partial charge in [0.25, 0.3) is 0 Å². The van der Waals surface area contributed by atoms with Crippen molar-refractivity contribution >= 4 is 28.4 Å². The van der Waals surface area contributed by atoms with Crippen LogP contribution in [0.25, 0.3) is 0 Å². The Hall–Kier alpha value is -1.15. The summed E-state index contributed by atoms with van der Waals surface area (Å²) in [7, 11) is -2.31. The van der Waals surface area contributed by atoms with Gasteiger partial charge in [-0.25, -0.2) is 17.9 Å². The Morgan fingerprint density at radius 1 is 1.39 bits per heavy atom. The molecule has 8 heteroatoms. The second-order valence-corrected chi connectivity index (χ2v) is 7.38. The Labute approximate surface area is 143 Å². The lowest BCUT2D eigenvalue weighted by Crippen LogP contribution is -2.50. The quantitative estimate of drug-likeness (QED) is 0.792. The van der Waals surface area contributed by atoms with Gasteiger partial charge in [0.1, 0.15) is 0 Å². The molecule has 2 unspecified atom stereocenters. The van der Waals surface area contributed by atoms with Gasteiger partial charge in [0.15, 0.2) is 0 Å². The summed E-state index contributed by atoms with van der Waals surface area (Å²) in [5, 5.41) is 3.19. The topological polar surface area (TPSA) is 84.5 Å². The smallest absolute Gasteiger partial charge is 0.338 e. The molecule has 2 N–H and O–H groups in total.